The van der Waals surface area contributed by atoms with Crippen LogP contribution in [0.4, 0.5) is 0 Å². The lowest BCUT2D eigenvalue weighted by Crippen LogP contribution is -2.32. The predicted octanol–water partition coefficient (Wildman–Crippen LogP) is 6.07. The fourth-order valence-electron chi connectivity index (χ4n) is 5.86. The Morgan fingerprint density at radius 2 is 1.70 bits per heavy atom. The van der Waals surface area contributed by atoms with Gasteiger partial charge in [-0.2, -0.15) is 0 Å². The summed E-state index contributed by atoms with van der Waals surface area (Å²) in [6.45, 7) is 7.01. The molecule has 2 fully saturated rings. The number of rotatable bonds is 0. The maximum absolute atomic E-state index is 2.57. The van der Waals surface area contributed by atoms with Crippen LogP contribution in [-0.2, 0) is 10.8 Å². The largest absolute Gasteiger partial charge is 0.0619 e. The Bertz CT molecular complexity index is 792. The van der Waals surface area contributed by atoms with Gasteiger partial charge in [0, 0.05) is 5.41 Å². The third-order valence-corrected chi connectivity index (χ3v) is 6.91. The minimum Gasteiger partial charge on any atom is -0.0619 e. The molecule has 0 saturated heterocycles. The first-order valence-corrected chi connectivity index (χ1v) is 9.25. The van der Waals surface area contributed by atoms with Gasteiger partial charge in [0.15, 0.2) is 0 Å². The van der Waals surface area contributed by atoms with Crippen LogP contribution in [0.15, 0.2) is 42.5 Å². The van der Waals surface area contributed by atoms with Crippen LogP contribution in [0.25, 0.3) is 11.1 Å². The number of hydrogen-bond donors (Lipinski definition) is 0. The van der Waals surface area contributed by atoms with E-state index in [0.29, 0.717) is 5.41 Å². The molecular weight excluding hydrogens is 276 g/mol. The average Bonchev–Trinajstić information content (AvgIpc) is 3.21. The lowest BCUT2D eigenvalue weighted by atomic mass is 9.66. The van der Waals surface area contributed by atoms with Gasteiger partial charge in [0.25, 0.3) is 0 Å². The van der Waals surface area contributed by atoms with Crippen molar-refractivity contribution in [2.45, 2.75) is 57.3 Å². The normalized spacial score (nSPS) is 30.7. The Kier molecular flexibility index (Phi) is 2.58. The zero-order chi connectivity index (χ0) is 15.8. The smallest absolute Gasteiger partial charge is 0.0246 e. The van der Waals surface area contributed by atoms with Crippen molar-refractivity contribution in [3.63, 3.8) is 0 Å². The summed E-state index contributed by atoms with van der Waals surface area (Å²) in [5.41, 5.74) is 8.35. The molecule has 0 N–H and O–H groups in total. The van der Waals surface area contributed by atoms with E-state index in [0.717, 1.165) is 11.8 Å². The summed E-state index contributed by atoms with van der Waals surface area (Å²) in [7, 11) is 0. The molecule has 0 heterocycles. The first kappa shape index (κ1) is 13.8. The van der Waals surface area contributed by atoms with Crippen molar-refractivity contribution in [3.8, 4) is 11.1 Å². The van der Waals surface area contributed by atoms with Crippen LogP contribution in [0.5, 0.6) is 0 Å². The molecule has 2 aromatic rings. The lowest BCUT2D eigenvalue weighted by molar-refractivity contribution is 0.326. The highest BCUT2D eigenvalue weighted by Gasteiger charge is 2.56. The molecule has 0 aliphatic heterocycles. The fraction of sp³-hybridized carbons (Fsp3) is 0.478. The standard InChI is InChI=1S/C23H26/c1-22(2,3)16-10-11-19-18-6-4-5-7-20(18)23(21(19)13-16)14-15-8-9-17(23)12-15/h4-7,10-11,13,15,17H,8-9,12,14H2,1-3H3. The van der Waals surface area contributed by atoms with Crippen molar-refractivity contribution in [3.05, 3.63) is 59.2 Å². The zero-order valence-corrected chi connectivity index (χ0v) is 14.5. The quantitative estimate of drug-likeness (QED) is 0.554. The Morgan fingerprint density at radius 1 is 0.913 bits per heavy atom. The van der Waals surface area contributed by atoms with E-state index < -0.39 is 0 Å². The van der Waals surface area contributed by atoms with Crippen molar-refractivity contribution in [1.29, 1.82) is 0 Å². The second-order valence-corrected chi connectivity index (χ2v) is 9.11. The Hall–Kier alpha value is -1.56. The van der Waals surface area contributed by atoms with E-state index in [1.807, 2.05) is 0 Å². The number of benzene rings is 2. The summed E-state index contributed by atoms with van der Waals surface area (Å²) in [5, 5.41) is 0. The van der Waals surface area contributed by atoms with Gasteiger partial charge in [-0.25, -0.2) is 0 Å². The molecule has 3 atom stereocenters. The molecule has 0 radical (unpaired) electrons. The zero-order valence-electron chi connectivity index (χ0n) is 14.5. The first-order chi connectivity index (χ1) is 11.0. The lowest BCUT2D eigenvalue weighted by Gasteiger charge is -2.37. The topological polar surface area (TPSA) is 0 Å². The van der Waals surface area contributed by atoms with Crippen molar-refractivity contribution >= 4 is 0 Å². The third-order valence-electron chi connectivity index (χ3n) is 6.91. The first-order valence-electron chi connectivity index (χ1n) is 9.25. The summed E-state index contributed by atoms with van der Waals surface area (Å²) < 4.78 is 0. The molecule has 118 valence electrons. The van der Waals surface area contributed by atoms with E-state index in [9.17, 15) is 0 Å². The second-order valence-electron chi connectivity index (χ2n) is 9.11. The van der Waals surface area contributed by atoms with Gasteiger partial charge in [0.1, 0.15) is 0 Å². The SMILES string of the molecule is CC(C)(C)c1ccc2c(c1)C1(CC3CCC1C3)c1ccccc1-2. The van der Waals surface area contributed by atoms with E-state index in [-0.39, 0.29) is 5.41 Å². The van der Waals surface area contributed by atoms with Crippen LogP contribution < -0.4 is 0 Å². The van der Waals surface area contributed by atoms with Crippen LogP contribution in [0.2, 0.25) is 0 Å². The molecule has 3 aliphatic rings. The molecular formula is C23H26. The summed E-state index contributed by atoms with van der Waals surface area (Å²) in [4.78, 5) is 0. The molecule has 2 saturated carbocycles. The summed E-state index contributed by atoms with van der Waals surface area (Å²) in [5.74, 6) is 1.82. The number of hydrogen-bond acceptors (Lipinski definition) is 0. The maximum Gasteiger partial charge on any atom is 0.0246 e. The van der Waals surface area contributed by atoms with Crippen molar-refractivity contribution in [2.75, 3.05) is 0 Å². The molecule has 3 aliphatic carbocycles. The Morgan fingerprint density at radius 3 is 2.39 bits per heavy atom. The van der Waals surface area contributed by atoms with Crippen molar-refractivity contribution in [2.24, 2.45) is 11.8 Å². The highest BCUT2D eigenvalue weighted by atomic mass is 14.6. The van der Waals surface area contributed by atoms with Crippen LogP contribution >= 0.6 is 0 Å². The molecule has 3 unspecified atom stereocenters. The van der Waals surface area contributed by atoms with Crippen molar-refractivity contribution in [1.82, 2.24) is 0 Å². The fourth-order valence-corrected chi connectivity index (χ4v) is 5.86. The number of fused-ring (bicyclic) bond motifs is 8. The minimum atomic E-state index is 0.225. The highest BCUT2D eigenvalue weighted by molar-refractivity contribution is 5.82. The maximum atomic E-state index is 2.57. The molecule has 23 heavy (non-hydrogen) atoms. The van der Waals surface area contributed by atoms with Crippen LogP contribution in [0.1, 0.15) is 63.1 Å². The van der Waals surface area contributed by atoms with Gasteiger partial charge in [0.2, 0.25) is 0 Å². The third kappa shape index (κ3) is 1.67. The monoisotopic (exact) mass is 302 g/mol. The summed E-state index contributed by atoms with van der Waals surface area (Å²) in [6, 6.07) is 16.6. The molecule has 1 spiro atoms. The van der Waals surface area contributed by atoms with Gasteiger partial charge in [-0.3, -0.25) is 0 Å². The molecule has 0 nitrogen and oxygen atoms in total. The van der Waals surface area contributed by atoms with E-state index in [4.69, 9.17) is 0 Å². The van der Waals surface area contributed by atoms with Gasteiger partial charge in [0.05, 0.1) is 0 Å². The van der Waals surface area contributed by atoms with Gasteiger partial charge in [-0.05, 0) is 64.3 Å². The van der Waals surface area contributed by atoms with Crippen LogP contribution in [-0.4, -0.2) is 0 Å². The van der Waals surface area contributed by atoms with Gasteiger partial charge in [-0.1, -0.05) is 69.7 Å². The van der Waals surface area contributed by atoms with Gasteiger partial charge < -0.3 is 0 Å². The van der Waals surface area contributed by atoms with E-state index in [1.54, 1.807) is 11.1 Å². The highest BCUT2D eigenvalue weighted by Crippen LogP contribution is 2.65. The summed E-state index contributed by atoms with van der Waals surface area (Å²) >= 11 is 0. The van der Waals surface area contributed by atoms with Gasteiger partial charge in [-0.15, -0.1) is 0 Å². The Labute approximate surface area is 139 Å². The predicted molar refractivity (Wildman–Crippen MR) is 96.8 cm³/mol. The second kappa shape index (κ2) is 4.29. The van der Waals surface area contributed by atoms with Crippen LogP contribution in [0.3, 0.4) is 0 Å². The molecule has 2 bridgehead atoms. The van der Waals surface area contributed by atoms with E-state index in [1.165, 1.54) is 42.4 Å². The molecule has 0 amide bonds. The molecule has 2 aromatic carbocycles. The summed E-state index contributed by atoms with van der Waals surface area (Å²) in [6.07, 6.45) is 5.73. The average molecular weight is 302 g/mol. The van der Waals surface area contributed by atoms with Gasteiger partial charge >= 0.3 is 0 Å². The molecule has 0 aromatic heterocycles. The van der Waals surface area contributed by atoms with E-state index in [2.05, 4.69) is 63.2 Å². The minimum absolute atomic E-state index is 0.225. The van der Waals surface area contributed by atoms with E-state index >= 15 is 0 Å². The Balaban J connectivity index is 1.80. The van der Waals surface area contributed by atoms with Crippen LogP contribution in [0, 0.1) is 11.8 Å². The molecule has 0 heteroatoms. The molecule has 5 rings (SSSR count). The van der Waals surface area contributed by atoms with Crippen molar-refractivity contribution < 1.29 is 0 Å².